The fourth-order valence-corrected chi connectivity index (χ4v) is 3.48. The molecule has 1 fully saturated rings. The molecule has 3 unspecified atom stereocenters. The average molecular weight is 356 g/mol. The van der Waals surface area contributed by atoms with E-state index in [-0.39, 0.29) is 0 Å². The maximum absolute atomic E-state index is 5.38. The predicted molar refractivity (Wildman–Crippen MR) is 90.1 cm³/mol. The van der Waals surface area contributed by atoms with Crippen LogP contribution in [-0.4, -0.2) is 20.3 Å². The summed E-state index contributed by atoms with van der Waals surface area (Å²) < 4.78 is 11.8. The summed E-state index contributed by atoms with van der Waals surface area (Å²) in [5, 5.41) is 3.69. The standard InChI is InChI=1S/C17H26BrNO2/c1-11-5-6-14(7-12(11)2)19-10-13-8-16(20-3)17(21-4)9-15(13)18/h8-9,11-12,14,19H,5-7,10H2,1-4H3. The Balaban J connectivity index is 2.00. The van der Waals surface area contributed by atoms with Crippen molar-refractivity contribution in [3.05, 3.63) is 22.2 Å². The van der Waals surface area contributed by atoms with E-state index in [2.05, 4.69) is 35.1 Å². The van der Waals surface area contributed by atoms with Crippen LogP contribution in [0.2, 0.25) is 0 Å². The molecule has 118 valence electrons. The fourth-order valence-electron chi connectivity index (χ4n) is 3.02. The van der Waals surface area contributed by atoms with Crippen LogP contribution in [0.15, 0.2) is 16.6 Å². The summed E-state index contributed by atoms with van der Waals surface area (Å²) in [6.07, 6.45) is 3.87. The van der Waals surface area contributed by atoms with E-state index in [0.717, 1.165) is 34.4 Å². The molecule has 1 aromatic carbocycles. The Labute approximate surface area is 136 Å². The van der Waals surface area contributed by atoms with Crippen LogP contribution in [-0.2, 0) is 6.54 Å². The summed E-state index contributed by atoms with van der Waals surface area (Å²) in [5.74, 6) is 3.21. The van der Waals surface area contributed by atoms with E-state index >= 15 is 0 Å². The number of benzene rings is 1. The number of hydrogen-bond acceptors (Lipinski definition) is 3. The van der Waals surface area contributed by atoms with Crippen molar-refractivity contribution in [3.8, 4) is 11.5 Å². The summed E-state index contributed by atoms with van der Waals surface area (Å²) in [7, 11) is 3.33. The number of methoxy groups -OCH3 is 2. The van der Waals surface area contributed by atoms with E-state index in [0.29, 0.717) is 6.04 Å². The van der Waals surface area contributed by atoms with E-state index < -0.39 is 0 Å². The van der Waals surface area contributed by atoms with Crippen LogP contribution in [0.5, 0.6) is 11.5 Å². The molecule has 0 aromatic heterocycles. The Hall–Kier alpha value is -0.740. The van der Waals surface area contributed by atoms with E-state index in [4.69, 9.17) is 9.47 Å². The van der Waals surface area contributed by atoms with Crippen LogP contribution in [0.3, 0.4) is 0 Å². The first-order valence-corrected chi connectivity index (χ1v) is 8.48. The first-order valence-electron chi connectivity index (χ1n) is 7.69. The largest absolute Gasteiger partial charge is 0.493 e. The summed E-state index contributed by atoms with van der Waals surface area (Å²) in [4.78, 5) is 0. The van der Waals surface area contributed by atoms with Crippen molar-refractivity contribution in [1.82, 2.24) is 5.32 Å². The predicted octanol–water partition coefficient (Wildman–Crippen LogP) is 4.38. The Kier molecular flexibility index (Phi) is 5.94. The minimum absolute atomic E-state index is 0.621. The number of rotatable bonds is 5. The van der Waals surface area contributed by atoms with Crippen LogP contribution >= 0.6 is 15.9 Å². The molecule has 0 amide bonds. The molecule has 1 aliphatic carbocycles. The second kappa shape index (κ2) is 7.50. The molecule has 3 atom stereocenters. The van der Waals surface area contributed by atoms with Gasteiger partial charge in [0.05, 0.1) is 14.2 Å². The smallest absolute Gasteiger partial charge is 0.161 e. The van der Waals surface area contributed by atoms with Gasteiger partial charge in [0, 0.05) is 17.1 Å². The van der Waals surface area contributed by atoms with Crippen molar-refractivity contribution in [2.75, 3.05) is 14.2 Å². The summed E-state index contributed by atoms with van der Waals surface area (Å²) in [6.45, 7) is 5.59. The SMILES string of the molecule is COc1cc(Br)c(CNC2CCC(C)C(C)C2)cc1OC. The zero-order valence-corrected chi connectivity index (χ0v) is 15.0. The molecule has 21 heavy (non-hydrogen) atoms. The van der Waals surface area contributed by atoms with Crippen molar-refractivity contribution < 1.29 is 9.47 Å². The van der Waals surface area contributed by atoms with Crippen molar-refractivity contribution in [1.29, 1.82) is 0 Å². The fraction of sp³-hybridized carbons (Fsp3) is 0.647. The van der Waals surface area contributed by atoms with Crippen molar-refractivity contribution >= 4 is 15.9 Å². The van der Waals surface area contributed by atoms with Gasteiger partial charge < -0.3 is 14.8 Å². The molecule has 4 heteroatoms. The highest BCUT2D eigenvalue weighted by Crippen LogP contribution is 2.34. The second-order valence-electron chi connectivity index (χ2n) is 6.14. The molecular formula is C17H26BrNO2. The molecule has 0 spiro atoms. The van der Waals surface area contributed by atoms with Crippen molar-refractivity contribution in [3.63, 3.8) is 0 Å². The monoisotopic (exact) mass is 355 g/mol. The minimum atomic E-state index is 0.621. The van der Waals surface area contributed by atoms with Gasteiger partial charge in [-0.15, -0.1) is 0 Å². The van der Waals surface area contributed by atoms with Gasteiger partial charge in [-0.3, -0.25) is 0 Å². The molecule has 1 aromatic rings. The highest BCUT2D eigenvalue weighted by Gasteiger charge is 2.24. The molecule has 1 aliphatic rings. The van der Waals surface area contributed by atoms with Gasteiger partial charge in [-0.05, 0) is 48.8 Å². The highest BCUT2D eigenvalue weighted by atomic mass is 79.9. The first kappa shape index (κ1) is 16.6. The van der Waals surface area contributed by atoms with Gasteiger partial charge in [-0.25, -0.2) is 0 Å². The number of hydrogen-bond donors (Lipinski definition) is 1. The van der Waals surface area contributed by atoms with Crippen LogP contribution in [0.1, 0.15) is 38.7 Å². The quantitative estimate of drug-likeness (QED) is 0.849. The molecule has 0 saturated heterocycles. The molecule has 2 rings (SSSR count). The van der Waals surface area contributed by atoms with Crippen LogP contribution < -0.4 is 14.8 Å². The second-order valence-corrected chi connectivity index (χ2v) is 7.00. The van der Waals surface area contributed by atoms with Gasteiger partial charge in [0.25, 0.3) is 0 Å². The lowest BCUT2D eigenvalue weighted by atomic mass is 9.79. The minimum Gasteiger partial charge on any atom is -0.493 e. The molecule has 0 aliphatic heterocycles. The van der Waals surface area contributed by atoms with E-state index in [1.807, 2.05) is 12.1 Å². The number of halogens is 1. The van der Waals surface area contributed by atoms with Gasteiger partial charge in [0.15, 0.2) is 11.5 Å². The lowest BCUT2D eigenvalue weighted by Crippen LogP contribution is -2.35. The third-order valence-corrected chi connectivity index (χ3v) is 5.47. The summed E-state index contributed by atoms with van der Waals surface area (Å²) in [6, 6.07) is 4.64. The third-order valence-electron chi connectivity index (χ3n) is 4.73. The lowest BCUT2D eigenvalue weighted by Gasteiger charge is -2.32. The van der Waals surface area contributed by atoms with Crippen LogP contribution in [0.25, 0.3) is 0 Å². The van der Waals surface area contributed by atoms with Gasteiger partial charge in [0.2, 0.25) is 0 Å². The first-order chi connectivity index (χ1) is 10.0. The van der Waals surface area contributed by atoms with E-state index in [1.54, 1.807) is 14.2 Å². The maximum atomic E-state index is 5.38. The van der Waals surface area contributed by atoms with Gasteiger partial charge in [-0.1, -0.05) is 29.8 Å². The molecule has 0 bridgehead atoms. The van der Waals surface area contributed by atoms with Gasteiger partial charge in [-0.2, -0.15) is 0 Å². The molecule has 1 N–H and O–H groups in total. The van der Waals surface area contributed by atoms with Crippen molar-refractivity contribution in [2.45, 2.75) is 45.7 Å². The molecule has 3 nitrogen and oxygen atoms in total. The summed E-state index contributed by atoms with van der Waals surface area (Å²) in [5.41, 5.74) is 1.21. The molecule has 0 heterocycles. The zero-order valence-electron chi connectivity index (χ0n) is 13.4. The molecule has 0 radical (unpaired) electrons. The van der Waals surface area contributed by atoms with Crippen LogP contribution in [0.4, 0.5) is 0 Å². The van der Waals surface area contributed by atoms with E-state index in [9.17, 15) is 0 Å². The zero-order chi connectivity index (χ0) is 15.4. The maximum Gasteiger partial charge on any atom is 0.161 e. The Morgan fingerprint density at radius 2 is 1.76 bits per heavy atom. The topological polar surface area (TPSA) is 30.5 Å². The van der Waals surface area contributed by atoms with Gasteiger partial charge >= 0.3 is 0 Å². The Bertz CT molecular complexity index is 478. The average Bonchev–Trinajstić information content (AvgIpc) is 2.49. The Morgan fingerprint density at radius 3 is 2.38 bits per heavy atom. The van der Waals surface area contributed by atoms with E-state index in [1.165, 1.54) is 24.8 Å². The van der Waals surface area contributed by atoms with Crippen molar-refractivity contribution in [2.24, 2.45) is 11.8 Å². The Morgan fingerprint density at radius 1 is 1.10 bits per heavy atom. The third kappa shape index (κ3) is 4.13. The highest BCUT2D eigenvalue weighted by molar-refractivity contribution is 9.10. The molecule has 1 saturated carbocycles. The van der Waals surface area contributed by atoms with Crippen LogP contribution in [0, 0.1) is 11.8 Å². The van der Waals surface area contributed by atoms with Gasteiger partial charge in [0.1, 0.15) is 0 Å². The number of nitrogens with one attached hydrogen (secondary N) is 1. The molecular weight excluding hydrogens is 330 g/mol. The summed E-state index contributed by atoms with van der Waals surface area (Å²) >= 11 is 3.62. The lowest BCUT2D eigenvalue weighted by molar-refractivity contribution is 0.225. The number of ether oxygens (including phenoxy) is 2. The normalized spacial score (nSPS) is 25.7.